The second-order valence-electron chi connectivity index (χ2n) is 7.22. The molecule has 5 nitrogen and oxygen atoms in total. The number of benzene rings is 3. The SMILES string of the molecule is Cc1ccc(/C=C/C(=O)NC(=S)Nc2ccccc2C(=O)NCCc2ccccc2)cc1. The summed E-state index contributed by atoms with van der Waals surface area (Å²) in [5.41, 5.74) is 4.20. The lowest BCUT2D eigenvalue weighted by atomic mass is 10.1. The van der Waals surface area contributed by atoms with Crippen LogP contribution in [0.4, 0.5) is 5.69 Å². The van der Waals surface area contributed by atoms with E-state index in [1.54, 1.807) is 30.3 Å². The molecule has 0 unspecified atom stereocenters. The van der Waals surface area contributed by atoms with E-state index in [1.165, 1.54) is 6.08 Å². The molecule has 0 aliphatic carbocycles. The summed E-state index contributed by atoms with van der Waals surface area (Å²) in [6, 6.07) is 24.8. The number of hydrogen-bond acceptors (Lipinski definition) is 3. The standard InChI is InChI=1S/C26H25N3O2S/c1-19-11-13-21(14-12-19)15-16-24(30)29-26(32)28-23-10-6-5-9-22(23)25(31)27-18-17-20-7-3-2-4-8-20/h2-16H,17-18H2,1H3,(H,27,31)(H2,28,29,30,32)/b16-15+. The Morgan fingerprint density at radius 3 is 2.34 bits per heavy atom. The molecule has 0 saturated heterocycles. The molecule has 6 heteroatoms. The summed E-state index contributed by atoms with van der Waals surface area (Å²) in [5.74, 6) is -0.565. The summed E-state index contributed by atoms with van der Waals surface area (Å²) >= 11 is 5.25. The third-order valence-corrected chi connectivity index (χ3v) is 4.91. The topological polar surface area (TPSA) is 70.2 Å². The van der Waals surface area contributed by atoms with E-state index in [2.05, 4.69) is 16.0 Å². The lowest BCUT2D eigenvalue weighted by Gasteiger charge is -2.13. The average Bonchev–Trinajstić information content (AvgIpc) is 2.79. The summed E-state index contributed by atoms with van der Waals surface area (Å²) in [6.45, 7) is 2.52. The van der Waals surface area contributed by atoms with Crippen molar-refractivity contribution < 1.29 is 9.59 Å². The smallest absolute Gasteiger partial charge is 0.253 e. The van der Waals surface area contributed by atoms with E-state index in [9.17, 15) is 9.59 Å². The second-order valence-corrected chi connectivity index (χ2v) is 7.63. The molecule has 0 aliphatic rings. The first kappa shape index (κ1) is 22.9. The first-order valence-electron chi connectivity index (χ1n) is 10.3. The van der Waals surface area contributed by atoms with Gasteiger partial charge in [0.2, 0.25) is 5.91 Å². The molecule has 0 saturated carbocycles. The van der Waals surface area contributed by atoms with E-state index in [4.69, 9.17) is 12.2 Å². The molecule has 32 heavy (non-hydrogen) atoms. The Morgan fingerprint density at radius 2 is 1.59 bits per heavy atom. The molecule has 0 spiro atoms. The quantitative estimate of drug-likeness (QED) is 0.372. The van der Waals surface area contributed by atoms with E-state index in [-0.39, 0.29) is 16.9 Å². The van der Waals surface area contributed by atoms with Crippen LogP contribution in [0.5, 0.6) is 0 Å². The number of thiocarbonyl (C=S) groups is 1. The molecule has 0 radical (unpaired) electrons. The summed E-state index contributed by atoms with van der Waals surface area (Å²) in [4.78, 5) is 24.8. The van der Waals surface area contributed by atoms with Gasteiger partial charge in [0.1, 0.15) is 0 Å². The number of amides is 2. The fourth-order valence-electron chi connectivity index (χ4n) is 3.01. The van der Waals surface area contributed by atoms with Crippen LogP contribution in [0.15, 0.2) is 84.9 Å². The van der Waals surface area contributed by atoms with Crippen molar-refractivity contribution in [3.63, 3.8) is 0 Å². The monoisotopic (exact) mass is 443 g/mol. The third kappa shape index (κ3) is 7.18. The van der Waals surface area contributed by atoms with Crippen molar-refractivity contribution in [2.75, 3.05) is 11.9 Å². The molecule has 3 N–H and O–H groups in total. The Balaban J connectivity index is 1.54. The zero-order valence-electron chi connectivity index (χ0n) is 17.8. The number of anilines is 1. The minimum atomic E-state index is -0.354. The molecule has 162 valence electrons. The second kappa shape index (κ2) is 11.6. The summed E-state index contributed by atoms with van der Waals surface area (Å²) in [6.07, 6.45) is 3.87. The van der Waals surface area contributed by atoms with Crippen molar-refractivity contribution in [2.45, 2.75) is 13.3 Å². The number of rotatable bonds is 7. The number of nitrogens with one attached hydrogen (secondary N) is 3. The number of carbonyl (C=O) groups excluding carboxylic acids is 2. The highest BCUT2D eigenvalue weighted by molar-refractivity contribution is 7.80. The van der Waals surface area contributed by atoms with Gasteiger partial charge in [-0.05, 0) is 54.9 Å². The largest absolute Gasteiger partial charge is 0.352 e. The Hall–Kier alpha value is -3.77. The molecule has 2 amide bonds. The van der Waals surface area contributed by atoms with Gasteiger partial charge < -0.3 is 10.6 Å². The predicted molar refractivity (Wildman–Crippen MR) is 133 cm³/mol. The Bertz CT molecular complexity index is 1110. The maximum atomic E-state index is 12.6. The molecule has 3 rings (SSSR count). The van der Waals surface area contributed by atoms with Crippen molar-refractivity contribution in [1.29, 1.82) is 0 Å². The van der Waals surface area contributed by atoms with Crippen LogP contribution in [0.2, 0.25) is 0 Å². The minimum absolute atomic E-state index is 0.119. The minimum Gasteiger partial charge on any atom is -0.352 e. The number of para-hydroxylation sites is 1. The van der Waals surface area contributed by atoms with Crippen molar-refractivity contribution in [2.24, 2.45) is 0 Å². The molecule has 0 aliphatic heterocycles. The molecule has 0 atom stereocenters. The van der Waals surface area contributed by atoms with E-state index in [1.807, 2.05) is 61.5 Å². The summed E-state index contributed by atoms with van der Waals surface area (Å²) in [5, 5.41) is 8.59. The maximum Gasteiger partial charge on any atom is 0.253 e. The van der Waals surface area contributed by atoms with Crippen LogP contribution in [0.1, 0.15) is 27.0 Å². The molecule has 0 aromatic heterocycles. The van der Waals surface area contributed by atoms with E-state index >= 15 is 0 Å². The van der Waals surface area contributed by atoms with Gasteiger partial charge in [-0.15, -0.1) is 0 Å². The molecule has 0 fully saturated rings. The van der Waals surface area contributed by atoms with Crippen LogP contribution in [-0.4, -0.2) is 23.5 Å². The van der Waals surface area contributed by atoms with E-state index < -0.39 is 0 Å². The van der Waals surface area contributed by atoms with Gasteiger partial charge in [-0.2, -0.15) is 0 Å². The van der Waals surface area contributed by atoms with Gasteiger partial charge in [0.05, 0.1) is 11.3 Å². The lowest BCUT2D eigenvalue weighted by molar-refractivity contribution is -0.115. The Labute approximate surface area is 193 Å². The molecule has 0 heterocycles. The first-order valence-corrected chi connectivity index (χ1v) is 10.7. The molecule has 0 bridgehead atoms. The van der Waals surface area contributed by atoms with Crippen LogP contribution in [0.25, 0.3) is 6.08 Å². The van der Waals surface area contributed by atoms with Gasteiger partial charge in [-0.25, -0.2) is 0 Å². The zero-order chi connectivity index (χ0) is 22.8. The van der Waals surface area contributed by atoms with Crippen LogP contribution in [0.3, 0.4) is 0 Å². The van der Waals surface area contributed by atoms with Crippen molar-refractivity contribution in [3.05, 3.63) is 107 Å². The average molecular weight is 444 g/mol. The summed E-state index contributed by atoms with van der Waals surface area (Å²) in [7, 11) is 0. The maximum absolute atomic E-state index is 12.6. The first-order chi connectivity index (χ1) is 15.5. The van der Waals surface area contributed by atoms with E-state index in [0.29, 0.717) is 17.8 Å². The van der Waals surface area contributed by atoms with Crippen LogP contribution in [0, 0.1) is 6.92 Å². The highest BCUT2D eigenvalue weighted by atomic mass is 32.1. The van der Waals surface area contributed by atoms with Crippen LogP contribution >= 0.6 is 12.2 Å². The number of aryl methyl sites for hydroxylation is 1. The molecular formula is C26H25N3O2S. The lowest BCUT2D eigenvalue weighted by Crippen LogP contribution is -2.34. The highest BCUT2D eigenvalue weighted by Crippen LogP contribution is 2.15. The van der Waals surface area contributed by atoms with Gasteiger partial charge >= 0.3 is 0 Å². The number of hydrogen-bond donors (Lipinski definition) is 3. The van der Waals surface area contributed by atoms with Gasteiger partial charge in [0.15, 0.2) is 5.11 Å². The molecular weight excluding hydrogens is 418 g/mol. The van der Waals surface area contributed by atoms with Gasteiger partial charge in [0.25, 0.3) is 5.91 Å². The molecule has 3 aromatic rings. The van der Waals surface area contributed by atoms with Crippen molar-refractivity contribution in [1.82, 2.24) is 10.6 Å². The Morgan fingerprint density at radius 1 is 0.906 bits per heavy atom. The van der Waals surface area contributed by atoms with Crippen LogP contribution < -0.4 is 16.0 Å². The normalized spacial score (nSPS) is 10.5. The number of carbonyl (C=O) groups is 2. The van der Waals surface area contributed by atoms with Crippen molar-refractivity contribution in [3.8, 4) is 0 Å². The zero-order valence-corrected chi connectivity index (χ0v) is 18.6. The fraction of sp³-hybridized carbons (Fsp3) is 0.115. The van der Waals surface area contributed by atoms with Crippen molar-refractivity contribution >= 4 is 40.9 Å². The fourth-order valence-corrected chi connectivity index (χ4v) is 3.22. The Kier molecular flexibility index (Phi) is 8.29. The summed E-state index contributed by atoms with van der Waals surface area (Å²) < 4.78 is 0. The van der Waals surface area contributed by atoms with E-state index in [0.717, 1.165) is 23.1 Å². The predicted octanol–water partition coefficient (Wildman–Crippen LogP) is 4.49. The van der Waals surface area contributed by atoms with Crippen LogP contribution in [-0.2, 0) is 11.2 Å². The molecule has 3 aromatic carbocycles. The van der Waals surface area contributed by atoms with Gasteiger partial charge in [-0.3, -0.25) is 14.9 Å². The third-order valence-electron chi connectivity index (χ3n) is 4.70. The highest BCUT2D eigenvalue weighted by Gasteiger charge is 2.12. The van der Waals surface area contributed by atoms with Gasteiger partial charge in [-0.1, -0.05) is 72.3 Å². The van der Waals surface area contributed by atoms with Gasteiger partial charge in [0, 0.05) is 12.6 Å².